The first-order valence-corrected chi connectivity index (χ1v) is 13.3. The summed E-state index contributed by atoms with van der Waals surface area (Å²) in [6, 6.07) is 21.0. The minimum atomic E-state index is -0.854. The fraction of sp³-hybridized carbons (Fsp3) is 0.226. The number of furan rings is 1. The molecule has 3 aromatic carbocycles. The van der Waals surface area contributed by atoms with Crippen molar-refractivity contribution in [3.63, 3.8) is 0 Å². The SMILES string of the molecule is CC(C)Oc1ccc(C2C(C(=O)c3cc4cc(Br)ccc4o3)=C(O)C(=O)N2c2ccc(C(C)C)cc2)cc1. The van der Waals surface area contributed by atoms with Crippen LogP contribution < -0.4 is 9.64 Å². The number of nitrogens with zero attached hydrogens (tertiary/aromatic N) is 1. The lowest BCUT2D eigenvalue weighted by Crippen LogP contribution is -2.31. The lowest BCUT2D eigenvalue weighted by molar-refractivity contribution is -0.117. The van der Waals surface area contributed by atoms with Crippen LogP contribution in [0.3, 0.4) is 0 Å². The van der Waals surface area contributed by atoms with E-state index in [-0.39, 0.29) is 17.4 Å². The van der Waals surface area contributed by atoms with Gasteiger partial charge in [0.2, 0.25) is 5.78 Å². The van der Waals surface area contributed by atoms with Crippen molar-refractivity contribution in [1.29, 1.82) is 0 Å². The number of benzene rings is 3. The number of aliphatic hydroxyl groups excluding tert-OH is 1. The summed E-state index contributed by atoms with van der Waals surface area (Å²) in [6.07, 6.45) is -0.000853. The summed E-state index contributed by atoms with van der Waals surface area (Å²) in [7, 11) is 0. The van der Waals surface area contributed by atoms with Crippen LogP contribution in [0, 0.1) is 0 Å². The van der Waals surface area contributed by atoms with Crippen LogP contribution in [0.25, 0.3) is 11.0 Å². The Labute approximate surface area is 229 Å². The minimum Gasteiger partial charge on any atom is -0.503 e. The Bertz CT molecular complexity index is 1550. The quantitative estimate of drug-likeness (QED) is 0.227. The average molecular weight is 574 g/mol. The Morgan fingerprint density at radius 2 is 1.66 bits per heavy atom. The molecule has 0 radical (unpaired) electrons. The second-order valence-corrected chi connectivity index (χ2v) is 10.9. The Hall–Kier alpha value is -3.84. The Morgan fingerprint density at radius 3 is 2.29 bits per heavy atom. The van der Waals surface area contributed by atoms with Crippen molar-refractivity contribution >= 4 is 44.3 Å². The predicted octanol–water partition coefficient (Wildman–Crippen LogP) is 7.89. The summed E-state index contributed by atoms with van der Waals surface area (Å²) in [4.78, 5) is 28.8. The number of amides is 1. The molecular formula is C31H28BrNO5. The molecule has 0 saturated carbocycles. The van der Waals surface area contributed by atoms with Crippen LogP contribution in [0.1, 0.15) is 61.3 Å². The number of aliphatic hydroxyl groups is 1. The number of ether oxygens (including phenoxy) is 1. The van der Waals surface area contributed by atoms with Crippen LogP contribution in [0.15, 0.2) is 93.0 Å². The molecule has 1 aliphatic rings. The fourth-order valence-electron chi connectivity index (χ4n) is 4.70. The second kappa shape index (κ2) is 10.1. The molecule has 6 nitrogen and oxygen atoms in total. The number of ketones is 1. The van der Waals surface area contributed by atoms with Crippen LogP contribution in [0.4, 0.5) is 5.69 Å². The highest BCUT2D eigenvalue weighted by atomic mass is 79.9. The first-order chi connectivity index (χ1) is 18.1. The number of fused-ring (bicyclic) bond motifs is 1. The standard InChI is InChI=1S/C31H28BrNO5/c1-17(2)19-5-10-23(11-6-19)33-28(20-7-12-24(13-8-20)37-18(3)4)27(30(35)31(33)36)29(34)26-16-21-15-22(32)9-14-25(21)38-26/h5-18,28,35H,1-4H3. The smallest absolute Gasteiger partial charge is 0.294 e. The molecule has 0 aliphatic carbocycles. The van der Waals surface area contributed by atoms with E-state index < -0.39 is 23.5 Å². The largest absolute Gasteiger partial charge is 0.503 e. The van der Waals surface area contributed by atoms with E-state index in [1.165, 1.54) is 4.90 Å². The monoisotopic (exact) mass is 573 g/mol. The van der Waals surface area contributed by atoms with Crippen molar-refractivity contribution in [2.75, 3.05) is 4.90 Å². The third-order valence-corrected chi connectivity index (χ3v) is 7.05. The fourth-order valence-corrected chi connectivity index (χ4v) is 5.08. The first-order valence-electron chi connectivity index (χ1n) is 12.5. The lowest BCUT2D eigenvalue weighted by atomic mass is 9.94. The maximum Gasteiger partial charge on any atom is 0.294 e. The maximum absolute atomic E-state index is 13.8. The third kappa shape index (κ3) is 4.74. The van der Waals surface area contributed by atoms with Crippen molar-refractivity contribution in [2.24, 2.45) is 0 Å². The van der Waals surface area contributed by atoms with Gasteiger partial charge in [0.1, 0.15) is 11.3 Å². The van der Waals surface area contributed by atoms with Crippen molar-refractivity contribution in [1.82, 2.24) is 0 Å². The minimum absolute atomic E-state index is 0.000853. The molecule has 0 spiro atoms. The van der Waals surface area contributed by atoms with Gasteiger partial charge in [-0.1, -0.05) is 54.0 Å². The van der Waals surface area contributed by atoms with Crippen molar-refractivity contribution < 1.29 is 23.8 Å². The van der Waals surface area contributed by atoms with E-state index in [4.69, 9.17) is 9.15 Å². The van der Waals surface area contributed by atoms with Gasteiger partial charge in [0, 0.05) is 15.5 Å². The molecule has 0 bridgehead atoms. The molecule has 2 heterocycles. The zero-order valence-corrected chi connectivity index (χ0v) is 23.2. The average Bonchev–Trinajstić information content (AvgIpc) is 3.42. The molecule has 1 amide bonds. The van der Waals surface area contributed by atoms with Crippen molar-refractivity contribution in [2.45, 2.75) is 45.8 Å². The van der Waals surface area contributed by atoms with E-state index in [0.29, 0.717) is 28.5 Å². The van der Waals surface area contributed by atoms with Crippen LogP contribution in [0.2, 0.25) is 0 Å². The molecule has 1 aliphatic heterocycles. The highest BCUT2D eigenvalue weighted by Gasteiger charge is 2.45. The summed E-state index contributed by atoms with van der Waals surface area (Å²) in [5.74, 6) is -0.732. The highest BCUT2D eigenvalue weighted by Crippen LogP contribution is 2.43. The topological polar surface area (TPSA) is 80.0 Å². The molecule has 4 aromatic rings. The van der Waals surface area contributed by atoms with Crippen molar-refractivity contribution in [3.05, 3.63) is 105 Å². The van der Waals surface area contributed by atoms with E-state index in [1.54, 1.807) is 24.3 Å². The van der Waals surface area contributed by atoms with Gasteiger partial charge in [-0.05, 0) is 79.4 Å². The zero-order valence-electron chi connectivity index (χ0n) is 21.6. The van der Waals surface area contributed by atoms with E-state index in [2.05, 4.69) is 29.8 Å². The number of hydrogen-bond donors (Lipinski definition) is 1. The molecule has 1 N–H and O–H groups in total. The normalized spacial score (nSPS) is 15.8. The van der Waals surface area contributed by atoms with Gasteiger partial charge in [-0.2, -0.15) is 0 Å². The van der Waals surface area contributed by atoms with E-state index >= 15 is 0 Å². The Kier molecular flexibility index (Phi) is 6.88. The van der Waals surface area contributed by atoms with Gasteiger partial charge in [-0.15, -0.1) is 0 Å². The number of anilines is 1. The van der Waals surface area contributed by atoms with Gasteiger partial charge in [0.05, 0.1) is 17.7 Å². The Morgan fingerprint density at radius 1 is 0.974 bits per heavy atom. The van der Waals surface area contributed by atoms with Crippen LogP contribution >= 0.6 is 15.9 Å². The number of halogens is 1. The predicted molar refractivity (Wildman–Crippen MR) is 151 cm³/mol. The number of carbonyl (C=O) groups excluding carboxylic acids is 2. The molecular weight excluding hydrogens is 546 g/mol. The van der Waals surface area contributed by atoms with E-state index in [9.17, 15) is 14.7 Å². The zero-order chi connectivity index (χ0) is 27.1. The first kappa shape index (κ1) is 25.8. The van der Waals surface area contributed by atoms with Crippen LogP contribution in [0.5, 0.6) is 5.75 Å². The van der Waals surface area contributed by atoms with Gasteiger partial charge in [-0.25, -0.2) is 0 Å². The number of hydrogen-bond acceptors (Lipinski definition) is 5. The number of carbonyl (C=O) groups is 2. The van der Waals surface area contributed by atoms with Crippen molar-refractivity contribution in [3.8, 4) is 5.75 Å². The molecule has 0 saturated heterocycles. The lowest BCUT2D eigenvalue weighted by Gasteiger charge is -2.27. The Balaban J connectivity index is 1.61. The van der Waals surface area contributed by atoms with Gasteiger partial charge in [0.15, 0.2) is 11.5 Å². The molecule has 5 rings (SSSR count). The van der Waals surface area contributed by atoms with Gasteiger partial charge in [-0.3, -0.25) is 14.5 Å². The summed E-state index contributed by atoms with van der Waals surface area (Å²) in [6.45, 7) is 8.07. The van der Waals surface area contributed by atoms with Gasteiger partial charge in [0.25, 0.3) is 5.91 Å². The van der Waals surface area contributed by atoms with Crippen LogP contribution in [-0.4, -0.2) is 22.9 Å². The molecule has 7 heteroatoms. The molecule has 1 aromatic heterocycles. The van der Waals surface area contributed by atoms with Crippen LogP contribution in [-0.2, 0) is 4.79 Å². The number of rotatable bonds is 7. The summed E-state index contributed by atoms with van der Waals surface area (Å²) >= 11 is 3.43. The third-order valence-electron chi connectivity index (χ3n) is 6.56. The summed E-state index contributed by atoms with van der Waals surface area (Å²) in [5, 5.41) is 11.8. The van der Waals surface area contributed by atoms with E-state index in [1.807, 2.05) is 62.4 Å². The highest BCUT2D eigenvalue weighted by molar-refractivity contribution is 9.10. The summed E-state index contributed by atoms with van der Waals surface area (Å²) in [5.41, 5.74) is 2.87. The van der Waals surface area contributed by atoms with Gasteiger partial charge < -0.3 is 14.3 Å². The molecule has 194 valence electrons. The molecule has 0 fully saturated rings. The molecule has 38 heavy (non-hydrogen) atoms. The molecule has 1 atom stereocenters. The second-order valence-electron chi connectivity index (χ2n) is 9.94. The maximum atomic E-state index is 13.8. The van der Waals surface area contributed by atoms with Gasteiger partial charge >= 0.3 is 0 Å². The molecule has 1 unspecified atom stereocenters. The number of Topliss-reactive ketones (excluding diaryl/α,β-unsaturated/α-hetero) is 1. The summed E-state index contributed by atoms with van der Waals surface area (Å²) < 4.78 is 12.5. The van der Waals surface area contributed by atoms with E-state index in [0.717, 1.165) is 15.4 Å².